The molecule has 114 valence electrons. The molecule has 0 radical (unpaired) electrons. The van der Waals surface area contributed by atoms with Gasteiger partial charge < -0.3 is 0 Å². The Bertz CT molecular complexity index is 539. The first-order valence-electron chi connectivity index (χ1n) is 7.97. The number of benzene rings is 2. The first-order valence-corrected chi connectivity index (χ1v) is 7.97. The van der Waals surface area contributed by atoms with Crippen LogP contribution in [0.5, 0.6) is 0 Å². The van der Waals surface area contributed by atoms with E-state index in [4.69, 9.17) is 6.42 Å². The fraction of sp³-hybridized carbons (Fsp3) is 0.333. The van der Waals surface area contributed by atoms with Gasteiger partial charge in [-0.2, -0.15) is 0 Å². The lowest BCUT2D eigenvalue weighted by atomic mass is 10.0. The summed E-state index contributed by atoms with van der Waals surface area (Å²) in [5, 5.41) is 0. The molecular formula is C21H25N. The highest BCUT2D eigenvalue weighted by Gasteiger charge is 2.18. The van der Waals surface area contributed by atoms with Crippen LogP contribution in [0.3, 0.4) is 0 Å². The Hall–Kier alpha value is -2.04. The molecule has 1 heteroatoms. The first-order chi connectivity index (χ1) is 10.7. The molecule has 0 spiro atoms. The summed E-state index contributed by atoms with van der Waals surface area (Å²) in [6.45, 7) is 6.23. The standard InChI is InChI=1S/C21H25N/c1-4-21(15-18(2)3)22(16-19-11-7-5-8-12-19)17-20-13-9-6-10-14-20/h1,5-14,18,21H,15-17H2,2-3H3/t21-/m1/s1. The predicted octanol–water partition coefficient (Wildman–Crippen LogP) is 4.74. The average Bonchev–Trinajstić information content (AvgIpc) is 2.54. The largest absolute Gasteiger partial charge is 0.281 e. The van der Waals surface area contributed by atoms with E-state index in [1.165, 1.54) is 11.1 Å². The van der Waals surface area contributed by atoms with Crippen molar-refractivity contribution in [1.82, 2.24) is 4.90 Å². The molecule has 0 heterocycles. The predicted molar refractivity (Wildman–Crippen MR) is 94.2 cm³/mol. The van der Waals surface area contributed by atoms with Crippen LogP contribution >= 0.6 is 0 Å². The fourth-order valence-electron chi connectivity index (χ4n) is 2.68. The molecule has 0 saturated carbocycles. The Morgan fingerprint density at radius 3 is 1.68 bits per heavy atom. The maximum absolute atomic E-state index is 5.84. The van der Waals surface area contributed by atoms with Crippen molar-refractivity contribution in [3.63, 3.8) is 0 Å². The van der Waals surface area contributed by atoms with Gasteiger partial charge in [-0.15, -0.1) is 6.42 Å². The molecule has 0 aromatic heterocycles. The van der Waals surface area contributed by atoms with Crippen LogP contribution in [0.1, 0.15) is 31.4 Å². The van der Waals surface area contributed by atoms with Crippen LogP contribution in [0.2, 0.25) is 0 Å². The summed E-state index contributed by atoms with van der Waals surface area (Å²) in [6.07, 6.45) is 6.86. The van der Waals surface area contributed by atoms with Crippen molar-refractivity contribution < 1.29 is 0 Å². The van der Waals surface area contributed by atoms with Crippen molar-refractivity contribution in [2.24, 2.45) is 5.92 Å². The van der Waals surface area contributed by atoms with E-state index in [1.807, 2.05) is 0 Å². The van der Waals surface area contributed by atoms with Gasteiger partial charge in [0.2, 0.25) is 0 Å². The highest BCUT2D eigenvalue weighted by molar-refractivity contribution is 5.18. The zero-order chi connectivity index (χ0) is 15.8. The highest BCUT2D eigenvalue weighted by atomic mass is 15.1. The number of nitrogens with zero attached hydrogens (tertiary/aromatic N) is 1. The lowest BCUT2D eigenvalue weighted by Gasteiger charge is -2.29. The second kappa shape index (κ2) is 8.41. The van der Waals surface area contributed by atoms with E-state index in [0.29, 0.717) is 5.92 Å². The molecule has 0 saturated heterocycles. The maximum Gasteiger partial charge on any atom is 0.0720 e. The van der Waals surface area contributed by atoms with Crippen LogP contribution < -0.4 is 0 Å². The second-order valence-corrected chi connectivity index (χ2v) is 6.19. The molecule has 0 N–H and O–H groups in total. The Morgan fingerprint density at radius 2 is 1.32 bits per heavy atom. The molecule has 0 unspecified atom stereocenters. The van der Waals surface area contributed by atoms with Gasteiger partial charge >= 0.3 is 0 Å². The minimum atomic E-state index is 0.167. The van der Waals surface area contributed by atoms with Crippen LogP contribution in [0, 0.1) is 18.3 Å². The van der Waals surface area contributed by atoms with Gasteiger partial charge in [0.1, 0.15) is 0 Å². The van der Waals surface area contributed by atoms with Gasteiger partial charge in [-0.05, 0) is 23.5 Å². The van der Waals surface area contributed by atoms with Crippen LogP contribution in [0.4, 0.5) is 0 Å². The van der Waals surface area contributed by atoms with Crippen molar-refractivity contribution in [2.45, 2.75) is 39.4 Å². The minimum absolute atomic E-state index is 0.167. The summed E-state index contributed by atoms with van der Waals surface area (Å²) in [4.78, 5) is 2.41. The van der Waals surface area contributed by atoms with E-state index < -0.39 is 0 Å². The molecule has 2 aromatic carbocycles. The quantitative estimate of drug-likeness (QED) is 0.666. The summed E-state index contributed by atoms with van der Waals surface area (Å²) >= 11 is 0. The van der Waals surface area contributed by atoms with E-state index in [-0.39, 0.29) is 6.04 Å². The Morgan fingerprint density at radius 1 is 0.864 bits per heavy atom. The highest BCUT2D eigenvalue weighted by Crippen LogP contribution is 2.18. The Labute approximate surface area is 135 Å². The normalized spacial score (nSPS) is 12.3. The van der Waals surface area contributed by atoms with E-state index in [1.54, 1.807) is 0 Å². The molecule has 1 nitrogen and oxygen atoms in total. The van der Waals surface area contributed by atoms with Crippen molar-refractivity contribution in [3.8, 4) is 12.3 Å². The Balaban J connectivity index is 2.17. The van der Waals surface area contributed by atoms with Crippen molar-refractivity contribution in [3.05, 3.63) is 71.8 Å². The van der Waals surface area contributed by atoms with Gasteiger partial charge in [0.15, 0.2) is 0 Å². The molecule has 0 aliphatic heterocycles. The third-order valence-corrected chi connectivity index (χ3v) is 3.78. The second-order valence-electron chi connectivity index (χ2n) is 6.19. The molecule has 2 aromatic rings. The Kier molecular flexibility index (Phi) is 6.25. The van der Waals surface area contributed by atoms with Crippen LogP contribution in [0.15, 0.2) is 60.7 Å². The summed E-state index contributed by atoms with van der Waals surface area (Å²) in [5.41, 5.74) is 2.62. The lowest BCUT2D eigenvalue weighted by molar-refractivity contribution is 0.196. The molecule has 22 heavy (non-hydrogen) atoms. The smallest absolute Gasteiger partial charge is 0.0720 e. The van der Waals surface area contributed by atoms with Crippen molar-refractivity contribution in [1.29, 1.82) is 0 Å². The maximum atomic E-state index is 5.84. The summed E-state index contributed by atoms with van der Waals surface area (Å²) in [7, 11) is 0. The SMILES string of the molecule is C#C[C@H](CC(C)C)N(Cc1ccccc1)Cc1ccccc1. The number of hydrogen-bond donors (Lipinski definition) is 0. The molecular weight excluding hydrogens is 266 g/mol. The van der Waals surface area contributed by atoms with Gasteiger partial charge in [-0.3, -0.25) is 4.90 Å². The van der Waals surface area contributed by atoms with Gasteiger partial charge in [-0.25, -0.2) is 0 Å². The average molecular weight is 291 g/mol. The monoisotopic (exact) mass is 291 g/mol. The van der Waals surface area contributed by atoms with E-state index in [9.17, 15) is 0 Å². The molecule has 0 fully saturated rings. The van der Waals surface area contributed by atoms with Gasteiger partial charge in [0.05, 0.1) is 6.04 Å². The van der Waals surface area contributed by atoms with Crippen molar-refractivity contribution in [2.75, 3.05) is 0 Å². The molecule has 0 aliphatic rings. The minimum Gasteiger partial charge on any atom is -0.281 e. The lowest BCUT2D eigenvalue weighted by Crippen LogP contribution is -2.34. The molecule has 0 aliphatic carbocycles. The molecule has 1 atom stereocenters. The third kappa shape index (κ3) is 5.06. The van der Waals surface area contributed by atoms with Crippen LogP contribution in [-0.2, 0) is 13.1 Å². The zero-order valence-corrected chi connectivity index (χ0v) is 13.6. The summed E-state index contributed by atoms with van der Waals surface area (Å²) in [6, 6.07) is 21.3. The zero-order valence-electron chi connectivity index (χ0n) is 13.6. The van der Waals surface area contributed by atoms with Crippen LogP contribution in [0.25, 0.3) is 0 Å². The summed E-state index contributed by atoms with van der Waals surface area (Å²) in [5.74, 6) is 3.59. The summed E-state index contributed by atoms with van der Waals surface area (Å²) < 4.78 is 0. The number of terminal acetylenes is 1. The van der Waals surface area contributed by atoms with Crippen LogP contribution in [-0.4, -0.2) is 10.9 Å². The van der Waals surface area contributed by atoms with E-state index >= 15 is 0 Å². The van der Waals surface area contributed by atoms with Gasteiger partial charge in [0.25, 0.3) is 0 Å². The number of rotatable bonds is 7. The third-order valence-electron chi connectivity index (χ3n) is 3.78. The van der Waals surface area contributed by atoms with Gasteiger partial charge in [-0.1, -0.05) is 80.4 Å². The van der Waals surface area contributed by atoms with E-state index in [0.717, 1.165) is 19.5 Å². The fourth-order valence-corrected chi connectivity index (χ4v) is 2.68. The molecule has 0 amide bonds. The topological polar surface area (TPSA) is 3.24 Å². The first kappa shape index (κ1) is 16.3. The van der Waals surface area contributed by atoms with E-state index in [2.05, 4.69) is 85.3 Å². The van der Waals surface area contributed by atoms with Crippen molar-refractivity contribution >= 4 is 0 Å². The number of hydrogen-bond acceptors (Lipinski definition) is 1. The molecule has 2 rings (SSSR count). The molecule has 0 bridgehead atoms. The van der Waals surface area contributed by atoms with Gasteiger partial charge in [0, 0.05) is 13.1 Å².